The molecular weight excluding hydrogens is 510 g/mol. The Hall–Kier alpha value is -2.31. The van der Waals surface area contributed by atoms with Crippen LogP contribution < -0.4 is 9.83 Å². The van der Waals surface area contributed by atoms with Crippen molar-refractivity contribution in [3.8, 4) is 5.75 Å². The number of hydrogen-bond acceptors (Lipinski definition) is 8. The van der Waals surface area contributed by atoms with Crippen LogP contribution >= 0.6 is 26.8 Å². The van der Waals surface area contributed by atoms with Crippen molar-refractivity contribution < 1.29 is 27.2 Å². The number of halogens is 1. The predicted octanol–water partition coefficient (Wildman–Crippen LogP) is 6.67. The molecule has 1 saturated heterocycles. The van der Waals surface area contributed by atoms with E-state index in [9.17, 15) is 9.13 Å². The molecule has 0 amide bonds. The van der Waals surface area contributed by atoms with Crippen LogP contribution in [-0.2, 0) is 22.7 Å². The Morgan fingerprint density at radius 1 is 1.17 bits per heavy atom. The van der Waals surface area contributed by atoms with Gasteiger partial charge in [-0.2, -0.15) is 0 Å². The molecule has 0 N–H and O–H groups in total. The van der Waals surface area contributed by atoms with Crippen molar-refractivity contribution in [1.82, 2.24) is 9.97 Å². The van der Waals surface area contributed by atoms with Crippen molar-refractivity contribution in [2.24, 2.45) is 0 Å². The van der Waals surface area contributed by atoms with Gasteiger partial charge in [0.15, 0.2) is 0 Å². The first-order valence-corrected chi connectivity index (χ1v) is 15.0. The third kappa shape index (κ3) is 5.01. The van der Waals surface area contributed by atoms with E-state index in [1.54, 1.807) is 43.5 Å². The standard InChI is InChI=1S/C24H23ClN2O6P2/c1-3-30-34(2,28)32-22-9-11-26-24-20(22)8-7-17-14-19(15-27-23(17)24)35(29)31-12-10-21(33-35)16-5-4-6-18(25)13-16/h4-9,11,13-15,21H,3,10,12H2,1-2H3/t21-,34?,35?/m0/s1. The van der Waals surface area contributed by atoms with E-state index in [1.807, 2.05) is 18.2 Å². The second kappa shape index (κ2) is 9.62. The molecule has 0 spiro atoms. The number of aromatic nitrogens is 2. The normalized spacial score (nSPS) is 22.2. The van der Waals surface area contributed by atoms with Crippen molar-refractivity contribution in [2.45, 2.75) is 19.4 Å². The van der Waals surface area contributed by atoms with Gasteiger partial charge in [-0.15, -0.1) is 0 Å². The molecule has 8 nitrogen and oxygen atoms in total. The molecule has 2 aromatic carbocycles. The van der Waals surface area contributed by atoms with Crippen LogP contribution in [0.25, 0.3) is 21.8 Å². The Kier molecular flexibility index (Phi) is 6.71. The third-order valence-corrected chi connectivity index (χ3v) is 9.00. The summed E-state index contributed by atoms with van der Waals surface area (Å²) < 4.78 is 48.8. The lowest BCUT2D eigenvalue weighted by atomic mass is 10.1. The smallest absolute Gasteiger partial charge is 0.376 e. The Morgan fingerprint density at radius 2 is 2.03 bits per heavy atom. The zero-order valence-electron chi connectivity index (χ0n) is 19.1. The van der Waals surface area contributed by atoms with E-state index < -0.39 is 21.3 Å². The summed E-state index contributed by atoms with van der Waals surface area (Å²) in [5, 5.41) is 2.29. The van der Waals surface area contributed by atoms with Crippen molar-refractivity contribution in [3.63, 3.8) is 0 Å². The number of fused-ring (bicyclic) bond motifs is 3. The van der Waals surface area contributed by atoms with Gasteiger partial charge in [-0.05, 0) is 42.8 Å². The average molecular weight is 533 g/mol. The number of benzene rings is 2. The second-order valence-electron chi connectivity index (χ2n) is 8.08. The summed E-state index contributed by atoms with van der Waals surface area (Å²) in [6.45, 7) is 3.73. The van der Waals surface area contributed by atoms with E-state index >= 15 is 0 Å². The van der Waals surface area contributed by atoms with Crippen LogP contribution in [0.1, 0.15) is 25.0 Å². The van der Waals surface area contributed by atoms with Crippen LogP contribution in [-0.4, -0.2) is 29.8 Å². The molecule has 182 valence electrons. The van der Waals surface area contributed by atoms with Gasteiger partial charge in [0.2, 0.25) is 0 Å². The van der Waals surface area contributed by atoms with Gasteiger partial charge in [-0.25, -0.2) is 4.57 Å². The van der Waals surface area contributed by atoms with Gasteiger partial charge in [0, 0.05) is 41.3 Å². The summed E-state index contributed by atoms with van der Waals surface area (Å²) in [6.07, 6.45) is 3.20. The summed E-state index contributed by atoms with van der Waals surface area (Å²) in [5.41, 5.74) is 1.98. The SMILES string of the molecule is CCOP(C)(=O)Oc1ccnc2c1ccc1cc(P3(=O)OCC[C@@H](c4cccc(Cl)c4)O3)cnc12. The van der Waals surface area contributed by atoms with E-state index in [1.165, 1.54) is 12.9 Å². The highest BCUT2D eigenvalue weighted by Gasteiger charge is 2.37. The van der Waals surface area contributed by atoms with Gasteiger partial charge in [-0.1, -0.05) is 29.8 Å². The van der Waals surface area contributed by atoms with Crippen LogP contribution in [0.4, 0.5) is 0 Å². The zero-order chi connectivity index (χ0) is 24.6. The monoisotopic (exact) mass is 532 g/mol. The van der Waals surface area contributed by atoms with E-state index in [0.29, 0.717) is 44.3 Å². The van der Waals surface area contributed by atoms with E-state index in [4.69, 9.17) is 29.7 Å². The molecule has 35 heavy (non-hydrogen) atoms. The maximum Gasteiger partial charge on any atom is 0.376 e. The Bertz CT molecular complexity index is 1510. The summed E-state index contributed by atoms with van der Waals surface area (Å²) in [6, 6.07) is 14.3. The fraction of sp³-hybridized carbons (Fsp3) is 0.250. The van der Waals surface area contributed by atoms with Crippen LogP contribution in [0.15, 0.2) is 60.9 Å². The number of pyridine rings is 2. The van der Waals surface area contributed by atoms with Gasteiger partial charge in [0.05, 0.1) is 30.1 Å². The van der Waals surface area contributed by atoms with Gasteiger partial charge >= 0.3 is 15.2 Å². The summed E-state index contributed by atoms with van der Waals surface area (Å²) in [5.74, 6) is 0.387. The molecule has 0 bridgehead atoms. The van der Waals surface area contributed by atoms with Crippen LogP contribution in [0.2, 0.25) is 5.02 Å². The minimum Gasteiger partial charge on any atom is -0.424 e. The summed E-state index contributed by atoms with van der Waals surface area (Å²) in [7, 11) is -6.89. The van der Waals surface area contributed by atoms with Gasteiger partial charge in [0.25, 0.3) is 0 Å². The Balaban J connectivity index is 1.50. The molecule has 3 heterocycles. The van der Waals surface area contributed by atoms with Crippen LogP contribution in [0, 0.1) is 0 Å². The topological polar surface area (TPSA) is 96.8 Å². The summed E-state index contributed by atoms with van der Waals surface area (Å²) in [4.78, 5) is 8.99. The maximum atomic E-state index is 13.7. The third-order valence-electron chi connectivity index (χ3n) is 5.58. The molecule has 1 fully saturated rings. The van der Waals surface area contributed by atoms with Crippen molar-refractivity contribution in [3.05, 3.63) is 71.5 Å². The van der Waals surface area contributed by atoms with E-state index in [-0.39, 0.29) is 13.2 Å². The molecule has 5 rings (SSSR count). The first-order chi connectivity index (χ1) is 16.8. The number of nitrogens with zero attached hydrogens (tertiary/aromatic N) is 2. The highest BCUT2D eigenvalue weighted by Crippen LogP contribution is 2.55. The van der Waals surface area contributed by atoms with Crippen LogP contribution in [0.5, 0.6) is 5.75 Å². The minimum absolute atomic E-state index is 0.270. The van der Waals surface area contributed by atoms with Crippen molar-refractivity contribution in [1.29, 1.82) is 0 Å². The van der Waals surface area contributed by atoms with E-state index in [0.717, 1.165) is 5.56 Å². The molecule has 0 saturated carbocycles. The molecule has 1 aliphatic heterocycles. The molecular formula is C24H23ClN2O6P2. The number of rotatable bonds is 6. The molecule has 0 radical (unpaired) electrons. The lowest BCUT2D eigenvalue weighted by Gasteiger charge is -2.30. The molecule has 2 aromatic heterocycles. The van der Waals surface area contributed by atoms with Gasteiger partial charge in [-0.3, -0.25) is 19.1 Å². The molecule has 3 atom stereocenters. The van der Waals surface area contributed by atoms with Gasteiger partial charge < -0.3 is 13.6 Å². The first kappa shape index (κ1) is 24.4. The van der Waals surface area contributed by atoms with E-state index in [2.05, 4.69) is 9.97 Å². The predicted molar refractivity (Wildman–Crippen MR) is 136 cm³/mol. The molecule has 1 aliphatic rings. The quantitative estimate of drug-likeness (QED) is 0.201. The maximum absolute atomic E-state index is 13.7. The minimum atomic E-state index is -3.62. The first-order valence-electron chi connectivity index (χ1n) is 11.1. The molecule has 0 aliphatic carbocycles. The fourth-order valence-electron chi connectivity index (χ4n) is 4.04. The largest absolute Gasteiger partial charge is 0.424 e. The second-order valence-corrected chi connectivity index (χ2v) is 12.5. The Labute approximate surface area is 207 Å². The lowest BCUT2D eigenvalue weighted by Crippen LogP contribution is -2.20. The van der Waals surface area contributed by atoms with Gasteiger partial charge in [0.1, 0.15) is 11.3 Å². The fourth-order valence-corrected chi connectivity index (χ4v) is 7.02. The van der Waals surface area contributed by atoms with Crippen LogP contribution in [0.3, 0.4) is 0 Å². The zero-order valence-corrected chi connectivity index (χ0v) is 21.6. The average Bonchev–Trinajstić information content (AvgIpc) is 2.83. The molecule has 4 aromatic rings. The highest BCUT2D eigenvalue weighted by atomic mass is 35.5. The molecule has 11 heteroatoms. The molecule has 2 unspecified atom stereocenters. The highest BCUT2D eigenvalue weighted by molar-refractivity contribution is 7.62. The van der Waals surface area contributed by atoms with Crippen molar-refractivity contribution in [2.75, 3.05) is 19.9 Å². The lowest BCUT2D eigenvalue weighted by molar-refractivity contribution is 0.0875. The Morgan fingerprint density at radius 3 is 2.83 bits per heavy atom. The number of hydrogen-bond donors (Lipinski definition) is 0. The summed E-state index contributed by atoms with van der Waals surface area (Å²) >= 11 is 6.12. The van der Waals surface area contributed by atoms with Crippen molar-refractivity contribution >= 4 is 53.9 Å².